The van der Waals surface area contributed by atoms with Crippen LogP contribution in [-0.4, -0.2) is 32.3 Å². The molecule has 0 aromatic heterocycles. The molecule has 19 heavy (non-hydrogen) atoms. The van der Waals surface area contributed by atoms with Gasteiger partial charge in [-0.2, -0.15) is 0 Å². The molecule has 1 rings (SSSR count). The molecule has 114 valence electrons. The SMILES string of the molecule is CC(C)NCC(C)S(=O)(=O)NC1CCCCCCC1. The molecule has 1 aliphatic carbocycles. The molecule has 1 saturated carbocycles. The van der Waals surface area contributed by atoms with E-state index < -0.39 is 10.0 Å². The van der Waals surface area contributed by atoms with Gasteiger partial charge in [0.25, 0.3) is 0 Å². The maximum absolute atomic E-state index is 12.3. The van der Waals surface area contributed by atoms with Gasteiger partial charge in [-0.05, 0) is 19.8 Å². The highest BCUT2D eigenvalue weighted by Crippen LogP contribution is 2.18. The fourth-order valence-corrected chi connectivity index (χ4v) is 3.68. The predicted molar refractivity (Wildman–Crippen MR) is 80.8 cm³/mol. The molecule has 1 fully saturated rings. The van der Waals surface area contributed by atoms with E-state index in [0.717, 1.165) is 25.7 Å². The van der Waals surface area contributed by atoms with Crippen molar-refractivity contribution in [2.24, 2.45) is 0 Å². The Balaban J connectivity index is 2.46. The summed E-state index contributed by atoms with van der Waals surface area (Å²) in [5.41, 5.74) is 0. The minimum atomic E-state index is -3.20. The first-order valence-corrected chi connectivity index (χ1v) is 9.21. The Morgan fingerprint density at radius 1 is 1.00 bits per heavy atom. The molecule has 0 amide bonds. The van der Waals surface area contributed by atoms with Crippen LogP contribution in [-0.2, 0) is 10.0 Å². The van der Waals surface area contributed by atoms with Crippen LogP contribution >= 0.6 is 0 Å². The monoisotopic (exact) mass is 290 g/mol. The van der Waals surface area contributed by atoms with Crippen molar-refractivity contribution >= 4 is 10.0 Å². The van der Waals surface area contributed by atoms with E-state index in [0.29, 0.717) is 12.6 Å². The Hall–Kier alpha value is -0.130. The van der Waals surface area contributed by atoms with Crippen molar-refractivity contribution in [3.63, 3.8) is 0 Å². The summed E-state index contributed by atoms with van der Waals surface area (Å²) in [5.74, 6) is 0. The zero-order valence-electron chi connectivity index (χ0n) is 12.6. The van der Waals surface area contributed by atoms with Crippen LogP contribution in [0.1, 0.15) is 65.7 Å². The Bertz CT molecular complexity index is 333. The largest absolute Gasteiger partial charge is 0.313 e. The van der Waals surface area contributed by atoms with Crippen LogP contribution in [0.5, 0.6) is 0 Å². The highest BCUT2D eigenvalue weighted by molar-refractivity contribution is 7.90. The summed E-state index contributed by atoms with van der Waals surface area (Å²) < 4.78 is 27.4. The molecule has 0 aromatic carbocycles. The number of rotatable bonds is 6. The van der Waals surface area contributed by atoms with Crippen LogP contribution in [0.25, 0.3) is 0 Å². The van der Waals surface area contributed by atoms with Gasteiger partial charge in [-0.3, -0.25) is 0 Å². The van der Waals surface area contributed by atoms with Crippen molar-refractivity contribution in [2.75, 3.05) is 6.54 Å². The van der Waals surface area contributed by atoms with E-state index in [-0.39, 0.29) is 11.3 Å². The molecule has 4 nitrogen and oxygen atoms in total. The lowest BCUT2D eigenvalue weighted by Crippen LogP contribution is -2.44. The second kappa shape index (κ2) is 8.22. The van der Waals surface area contributed by atoms with E-state index in [1.807, 2.05) is 13.8 Å². The summed E-state index contributed by atoms with van der Waals surface area (Å²) in [7, 11) is -3.20. The maximum Gasteiger partial charge on any atom is 0.215 e. The molecular weight excluding hydrogens is 260 g/mol. The highest BCUT2D eigenvalue weighted by Gasteiger charge is 2.24. The average Bonchev–Trinajstić information content (AvgIpc) is 2.29. The molecule has 1 aliphatic rings. The number of hydrogen-bond acceptors (Lipinski definition) is 3. The van der Waals surface area contributed by atoms with Gasteiger partial charge >= 0.3 is 0 Å². The van der Waals surface area contributed by atoms with Gasteiger partial charge < -0.3 is 5.32 Å². The van der Waals surface area contributed by atoms with Crippen molar-refractivity contribution in [1.82, 2.24) is 10.0 Å². The summed E-state index contributed by atoms with van der Waals surface area (Å²) in [6, 6.07) is 0.464. The molecule has 0 aliphatic heterocycles. The third-order valence-electron chi connectivity index (χ3n) is 3.78. The molecule has 0 saturated heterocycles. The first-order valence-electron chi connectivity index (χ1n) is 7.66. The molecule has 0 heterocycles. The van der Waals surface area contributed by atoms with Crippen molar-refractivity contribution in [1.29, 1.82) is 0 Å². The number of nitrogens with one attached hydrogen (secondary N) is 2. The van der Waals surface area contributed by atoms with Gasteiger partial charge in [0.1, 0.15) is 0 Å². The van der Waals surface area contributed by atoms with Gasteiger partial charge in [-0.25, -0.2) is 13.1 Å². The van der Waals surface area contributed by atoms with E-state index in [1.165, 1.54) is 19.3 Å². The van der Waals surface area contributed by atoms with Gasteiger partial charge in [0.15, 0.2) is 0 Å². The zero-order chi connectivity index (χ0) is 14.3. The van der Waals surface area contributed by atoms with Gasteiger partial charge in [0, 0.05) is 18.6 Å². The van der Waals surface area contributed by atoms with Crippen molar-refractivity contribution in [3.8, 4) is 0 Å². The molecule has 0 aromatic rings. The van der Waals surface area contributed by atoms with E-state index in [9.17, 15) is 8.42 Å². The van der Waals surface area contributed by atoms with E-state index in [4.69, 9.17) is 0 Å². The summed E-state index contributed by atoms with van der Waals surface area (Å²) in [5, 5.41) is 2.82. The zero-order valence-corrected chi connectivity index (χ0v) is 13.4. The quantitative estimate of drug-likeness (QED) is 0.790. The normalized spacial score (nSPS) is 21.1. The average molecular weight is 290 g/mol. The fraction of sp³-hybridized carbons (Fsp3) is 1.00. The second-order valence-corrected chi connectivity index (χ2v) is 8.21. The molecular formula is C14H30N2O2S. The van der Waals surface area contributed by atoms with Gasteiger partial charge in [-0.1, -0.05) is 46.0 Å². The van der Waals surface area contributed by atoms with E-state index in [1.54, 1.807) is 6.92 Å². The van der Waals surface area contributed by atoms with Crippen molar-refractivity contribution < 1.29 is 8.42 Å². The Morgan fingerprint density at radius 3 is 2.05 bits per heavy atom. The third kappa shape index (κ3) is 6.72. The molecule has 0 radical (unpaired) electrons. The van der Waals surface area contributed by atoms with Crippen LogP contribution in [0.15, 0.2) is 0 Å². The van der Waals surface area contributed by atoms with Crippen LogP contribution in [0, 0.1) is 0 Å². The van der Waals surface area contributed by atoms with Crippen molar-refractivity contribution in [3.05, 3.63) is 0 Å². The molecule has 0 spiro atoms. The summed E-state index contributed by atoms with van der Waals surface area (Å²) in [6.45, 7) is 6.35. The lowest BCUT2D eigenvalue weighted by atomic mass is 9.97. The fourth-order valence-electron chi connectivity index (χ4n) is 2.43. The summed E-state index contributed by atoms with van der Waals surface area (Å²) in [4.78, 5) is 0. The summed E-state index contributed by atoms with van der Waals surface area (Å²) in [6.07, 6.45) is 8.05. The minimum absolute atomic E-state index is 0.145. The standard InChI is InChI=1S/C14H30N2O2S/c1-12(2)15-11-13(3)19(17,18)16-14-9-7-5-4-6-8-10-14/h12-16H,4-11H2,1-3H3. The highest BCUT2D eigenvalue weighted by atomic mass is 32.2. The predicted octanol–water partition coefficient (Wildman–Crippen LogP) is 2.41. The van der Waals surface area contributed by atoms with Crippen molar-refractivity contribution in [2.45, 2.75) is 83.1 Å². The molecule has 2 N–H and O–H groups in total. The lowest BCUT2D eigenvalue weighted by molar-refractivity contribution is 0.423. The molecule has 1 atom stereocenters. The van der Waals surface area contributed by atoms with E-state index >= 15 is 0 Å². The third-order valence-corrected chi connectivity index (χ3v) is 5.67. The second-order valence-electron chi connectivity index (χ2n) is 6.08. The van der Waals surface area contributed by atoms with E-state index in [2.05, 4.69) is 10.0 Å². The van der Waals surface area contributed by atoms with Gasteiger partial charge in [0.05, 0.1) is 5.25 Å². The maximum atomic E-state index is 12.3. The molecule has 0 bridgehead atoms. The Morgan fingerprint density at radius 2 is 1.53 bits per heavy atom. The first-order chi connectivity index (χ1) is 8.92. The summed E-state index contributed by atoms with van der Waals surface area (Å²) >= 11 is 0. The smallest absolute Gasteiger partial charge is 0.215 e. The van der Waals surface area contributed by atoms with Crippen LogP contribution < -0.4 is 10.0 Å². The number of hydrogen-bond donors (Lipinski definition) is 2. The lowest BCUT2D eigenvalue weighted by Gasteiger charge is -2.23. The topological polar surface area (TPSA) is 58.2 Å². The number of sulfonamides is 1. The van der Waals surface area contributed by atoms with Gasteiger partial charge in [-0.15, -0.1) is 0 Å². The van der Waals surface area contributed by atoms with Crippen LogP contribution in [0.3, 0.4) is 0 Å². The Kier molecular flexibility index (Phi) is 7.32. The molecule has 1 unspecified atom stereocenters. The molecule has 5 heteroatoms. The minimum Gasteiger partial charge on any atom is -0.313 e. The van der Waals surface area contributed by atoms with Crippen LogP contribution in [0.4, 0.5) is 0 Å². The van der Waals surface area contributed by atoms with Crippen LogP contribution in [0.2, 0.25) is 0 Å². The van der Waals surface area contributed by atoms with Gasteiger partial charge in [0.2, 0.25) is 10.0 Å². The Labute approximate surface area is 118 Å². The first kappa shape index (κ1) is 16.9.